The molecule has 2 heterocycles. The number of ether oxygens (including phenoxy) is 1. The Balaban J connectivity index is 0.00000361. The number of benzene rings is 2. The van der Waals surface area contributed by atoms with Crippen LogP contribution in [-0.4, -0.2) is 75.9 Å². The van der Waals surface area contributed by atoms with E-state index in [2.05, 4.69) is 6.92 Å². The number of para-hydroxylation sites is 1. The number of rotatable bonds is 8. The first-order valence-corrected chi connectivity index (χ1v) is 14.0. The Morgan fingerprint density at radius 1 is 1.17 bits per heavy atom. The van der Waals surface area contributed by atoms with Gasteiger partial charge in [-0.05, 0) is 69.3 Å². The molecule has 2 aromatic carbocycles. The lowest BCUT2D eigenvalue weighted by atomic mass is 10.0. The lowest BCUT2D eigenvalue weighted by molar-refractivity contribution is 0.0985. The molecular weight excluding hydrogens is 520 g/mol. The van der Waals surface area contributed by atoms with Gasteiger partial charge in [-0.15, -0.1) is 12.4 Å². The van der Waals surface area contributed by atoms with Crippen molar-refractivity contribution in [1.82, 2.24) is 14.2 Å². The SMILES string of the molecule is COc1cccc2sc(N(CCN(C)C)C(=O)c3ccc(S(=O)(=O)N4CCCC(C)C4)cc3)nc12.Cl. The van der Waals surface area contributed by atoms with Crippen LogP contribution < -0.4 is 9.64 Å². The van der Waals surface area contributed by atoms with Gasteiger partial charge in [-0.1, -0.05) is 24.3 Å². The molecule has 1 amide bonds. The molecule has 1 unspecified atom stereocenters. The molecule has 36 heavy (non-hydrogen) atoms. The highest BCUT2D eigenvalue weighted by molar-refractivity contribution is 7.89. The second kappa shape index (κ2) is 11.9. The van der Waals surface area contributed by atoms with E-state index in [1.165, 1.54) is 23.5 Å². The van der Waals surface area contributed by atoms with Crippen molar-refractivity contribution in [3.8, 4) is 5.75 Å². The highest BCUT2D eigenvalue weighted by atomic mass is 35.5. The van der Waals surface area contributed by atoms with Crippen LogP contribution in [0.25, 0.3) is 10.2 Å². The number of amides is 1. The number of sulfonamides is 1. The number of methoxy groups -OCH3 is 1. The molecule has 0 radical (unpaired) electrons. The van der Waals surface area contributed by atoms with E-state index in [0.717, 1.165) is 23.1 Å². The lowest BCUT2D eigenvalue weighted by Crippen LogP contribution is -2.39. The number of halogens is 1. The van der Waals surface area contributed by atoms with Gasteiger partial charge < -0.3 is 9.64 Å². The number of carbonyl (C=O) groups is 1. The molecule has 0 bridgehead atoms. The maximum Gasteiger partial charge on any atom is 0.260 e. The minimum atomic E-state index is -3.58. The van der Waals surface area contributed by atoms with Crippen LogP contribution in [-0.2, 0) is 10.0 Å². The van der Waals surface area contributed by atoms with Gasteiger partial charge >= 0.3 is 0 Å². The highest BCUT2D eigenvalue weighted by Gasteiger charge is 2.29. The summed E-state index contributed by atoms with van der Waals surface area (Å²) in [6.45, 7) is 4.23. The Labute approximate surface area is 223 Å². The number of piperidine rings is 1. The summed E-state index contributed by atoms with van der Waals surface area (Å²) in [5.41, 5.74) is 1.13. The standard InChI is InChI=1S/C25H32N4O4S2.ClH/c1-18-7-6-14-28(17-18)35(31,32)20-12-10-19(11-13-20)24(30)29(16-15-27(2)3)25-26-23-21(33-4)8-5-9-22(23)34-25;/h5,8-13,18H,6-7,14-17H2,1-4H3;1H. The van der Waals surface area contributed by atoms with Crippen LogP contribution in [0.5, 0.6) is 5.75 Å². The molecule has 8 nitrogen and oxygen atoms in total. The van der Waals surface area contributed by atoms with E-state index in [1.807, 2.05) is 37.2 Å². The maximum absolute atomic E-state index is 13.6. The number of hydrogen-bond donors (Lipinski definition) is 0. The van der Waals surface area contributed by atoms with E-state index in [9.17, 15) is 13.2 Å². The number of thiazole rings is 1. The zero-order valence-electron chi connectivity index (χ0n) is 21.0. The number of fused-ring (bicyclic) bond motifs is 1. The average molecular weight is 553 g/mol. The van der Waals surface area contributed by atoms with Gasteiger partial charge in [0.15, 0.2) is 5.13 Å². The Hall–Kier alpha value is -2.24. The minimum Gasteiger partial charge on any atom is -0.494 e. The first kappa shape index (κ1) is 28.3. The van der Waals surface area contributed by atoms with E-state index in [4.69, 9.17) is 9.72 Å². The van der Waals surface area contributed by atoms with Gasteiger partial charge in [0.05, 0.1) is 16.7 Å². The molecule has 0 spiro atoms. The highest BCUT2D eigenvalue weighted by Crippen LogP contribution is 2.34. The van der Waals surface area contributed by atoms with Crippen LogP contribution in [0, 0.1) is 5.92 Å². The predicted octanol–water partition coefficient (Wildman–Crippen LogP) is 4.36. The average Bonchev–Trinajstić information content (AvgIpc) is 3.28. The van der Waals surface area contributed by atoms with Gasteiger partial charge in [-0.25, -0.2) is 13.4 Å². The first-order chi connectivity index (χ1) is 16.7. The van der Waals surface area contributed by atoms with Crippen LogP contribution in [0.1, 0.15) is 30.1 Å². The molecule has 1 saturated heterocycles. The van der Waals surface area contributed by atoms with E-state index in [0.29, 0.717) is 48.5 Å². The van der Waals surface area contributed by atoms with Crippen molar-refractivity contribution >= 4 is 55.0 Å². The normalized spacial score (nSPS) is 16.6. The monoisotopic (exact) mass is 552 g/mol. The van der Waals surface area contributed by atoms with Crippen LogP contribution in [0.2, 0.25) is 0 Å². The Bertz CT molecular complexity index is 1300. The van der Waals surface area contributed by atoms with Gasteiger partial charge in [-0.2, -0.15) is 4.31 Å². The van der Waals surface area contributed by atoms with E-state index in [1.54, 1.807) is 28.4 Å². The van der Waals surface area contributed by atoms with Crippen molar-refractivity contribution in [3.63, 3.8) is 0 Å². The molecule has 1 aliphatic rings. The molecule has 4 rings (SSSR count). The Morgan fingerprint density at radius 3 is 2.53 bits per heavy atom. The van der Waals surface area contributed by atoms with Gasteiger partial charge in [0.25, 0.3) is 5.91 Å². The molecule has 0 saturated carbocycles. The topological polar surface area (TPSA) is 83.0 Å². The summed E-state index contributed by atoms with van der Waals surface area (Å²) in [6.07, 6.45) is 1.91. The van der Waals surface area contributed by atoms with Crippen LogP contribution >= 0.6 is 23.7 Å². The number of nitrogens with zero attached hydrogens (tertiary/aromatic N) is 4. The summed E-state index contributed by atoms with van der Waals surface area (Å²) in [5, 5.41) is 0.579. The first-order valence-electron chi connectivity index (χ1n) is 11.7. The van der Waals surface area contributed by atoms with E-state index < -0.39 is 10.0 Å². The predicted molar refractivity (Wildman–Crippen MR) is 147 cm³/mol. The molecule has 1 fully saturated rings. The molecule has 1 aliphatic heterocycles. The van der Waals surface area contributed by atoms with Crippen molar-refractivity contribution < 1.29 is 17.9 Å². The minimum absolute atomic E-state index is 0. The maximum atomic E-state index is 13.6. The molecular formula is C25H33ClN4O4S2. The smallest absolute Gasteiger partial charge is 0.260 e. The fourth-order valence-electron chi connectivity index (χ4n) is 4.21. The second-order valence-electron chi connectivity index (χ2n) is 9.20. The summed E-state index contributed by atoms with van der Waals surface area (Å²) in [7, 11) is 1.92. The fraction of sp³-hybridized carbons (Fsp3) is 0.440. The van der Waals surface area contributed by atoms with Crippen molar-refractivity contribution in [2.75, 3.05) is 52.3 Å². The third kappa shape index (κ3) is 6.00. The number of carbonyl (C=O) groups excluding carboxylic acids is 1. The van der Waals surface area contributed by atoms with E-state index in [-0.39, 0.29) is 23.2 Å². The quantitative estimate of drug-likeness (QED) is 0.413. The zero-order chi connectivity index (χ0) is 25.2. The van der Waals surface area contributed by atoms with Gasteiger partial charge in [0.1, 0.15) is 11.3 Å². The Morgan fingerprint density at radius 2 is 1.89 bits per heavy atom. The third-order valence-corrected chi connectivity index (χ3v) is 9.12. The molecule has 1 atom stereocenters. The van der Waals surface area contributed by atoms with Gasteiger partial charge in [0.2, 0.25) is 10.0 Å². The number of anilines is 1. The van der Waals surface area contributed by atoms with Crippen molar-refractivity contribution in [1.29, 1.82) is 0 Å². The number of aromatic nitrogens is 1. The largest absolute Gasteiger partial charge is 0.494 e. The van der Waals surface area contributed by atoms with Crippen molar-refractivity contribution in [2.45, 2.75) is 24.7 Å². The van der Waals surface area contributed by atoms with Gasteiger partial charge in [-0.3, -0.25) is 9.69 Å². The fourth-order valence-corrected chi connectivity index (χ4v) is 6.82. The number of likely N-dealkylation sites (N-methyl/N-ethyl adjacent to an activating group) is 1. The second-order valence-corrected chi connectivity index (χ2v) is 12.1. The summed E-state index contributed by atoms with van der Waals surface area (Å²) in [4.78, 5) is 22.2. The number of hydrogen-bond acceptors (Lipinski definition) is 7. The van der Waals surface area contributed by atoms with E-state index >= 15 is 0 Å². The summed E-state index contributed by atoms with van der Waals surface area (Å²) in [6, 6.07) is 12.0. The summed E-state index contributed by atoms with van der Waals surface area (Å²) >= 11 is 1.43. The Kier molecular flexibility index (Phi) is 9.34. The summed E-state index contributed by atoms with van der Waals surface area (Å²) in [5.74, 6) is 0.782. The lowest BCUT2D eigenvalue weighted by Gasteiger charge is -2.30. The third-order valence-electron chi connectivity index (χ3n) is 6.20. The molecule has 0 N–H and O–H groups in total. The zero-order valence-corrected chi connectivity index (χ0v) is 23.5. The molecule has 0 aliphatic carbocycles. The van der Waals surface area contributed by atoms with Crippen LogP contribution in [0.15, 0.2) is 47.4 Å². The van der Waals surface area contributed by atoms with Crippen LogP contribution in [0.4, 0.5) is 5.13 Å². The molecule has 11 heteroatoms. The summed E-state index contributed by atoms with van der Waals surface area (Å²) < 4.78 is 34.1. The van der Waals surface area contributed by atoms with Crippen molar-refractivity contribution in [2.24, 2.45) is 5.92 Å². The molecule has 1 aromatic heterocycles. The van der Waals surface area contributed by atoms with Crippen LogP contribution in [0.3, 0.4) is 0 Å². The molecule has 3 aromatic rings. The molecule has 196 valence electrons. The van der Waals surface area contributed by atoms with Gasteiger partial charge in [0, 0.05) is 31.7 Å². The van der Waals surface area contributed by atoms with Crippen molar-refractivity contribution in [3.05, 3.63) is 48.0 Å².